The largest absolute Gasteiger partial charge is 0.399 e. The van der Waals surface area contributed by atoms with Crippen molar-refractivity contribution < 1.29 is 4.84 Å². The molecule has 2 rings (SSSR count). The third-order valence-corrected chi connectivity index (χ3v) is 3.18. The van der Waals surface area contributed by atoms with E-state index in [1.807, 2.05) is 45.0 Å². The Hall–Kier alpha value is -2.29. The van der Waals surface area contributed by atoms with Crippen LogP contribution < -0.4 is 5.73 Å². The molecule has 0 heterocycles. The van der Waals surface area contributed by atoms with E-state index in [0.29, 0.717) is 6.61 Å². The second kappa shape index (κ2) is 8.88. The van der Waals surface area contributed by atoms with Crippen LogP contribution in [0, 0.1) is 13.8 Å². The second-order valence-corrected chi connectivity index (χ2v) is 5.01. The summed E-state index contributed by atoms with van der Waals surface area (Å²) in [5, 5.41) is 4.19. The first kappa shape index (κ1) is 17.8. The average molecular weight is 298 g/mol. The van der Waals surface area contributed by atoms with Crippen LogP contribution in [0.2, 0.25) is 0 Å². The van der Waals surface area contributed by atoms with Crippen molar-refractivity contribution in [3.63, 3.8) is 0 Å². The Bertz CT molecular complexity index is 616. The van der Waals surface area contributed by atoms with Crippen LogP contribution in [-0.2, 0) is 11.4 Å². The van der Waals surface area contributed by atoms with E-state index in [4.69, 9.17) is 10.6 Å². The summed E-state index contributed by atoms with van der Waals surface area (Å²) in [7, 11) is 0. The van der Waals surface area contributed by atoms with Crippen molar-refractivity contribution in [2.24, 2.45) is 5.16 Å². The van der Waals surface area contributed by atoms with Gasteiger partial charge in [-0.3, -0.25) is 0 Å². The molecule has 0 atom stereocenters. The molecule has 0 fully saturated rings. The summed E-state index contributed by atoms with van der Waals surface area (Å²) in [6, 6.07) is 13.9. The lowest BCUT2D eigenvalue weighted by Gasteiger charge is -2.07. The molecule has 22 heavy (non-hydrogen) atoms. The minimum Gasteiger partial charge on any atom is -0.399 e. The average Bonchev–Trinajstić information content (AvgIpc) is 2.51. The third-order valence-electron chi connectivity index (χ3n) is 3.18. The molecule has 0 unspecified atom stereocenters. The highest BCUT2D eigenvalue weighted by molar-refractivity contribution is 5.99. The second-order valence-electron chi connectivity index (χ2n) is 5.01. The monoisotopic (exact) mass is 298 g/mol. The van der Waals surface area contributed by atoms with Crippen molar-refractivity contribution in [3.8, 4) is 0 Å². The SMILES string of the molecule is C/C(=N\OCc1ccc(N)cc1)c1ccc(C)cc1C.CC. The minimum atomic E-state index is 0.447. The molecular weight excluding hydrogens is 272 g/mol. The van der Waals surface area contributed by atoms with Gasteiger partial charge in [0.2, 0.25) is 0 Å². The normalized spacial score (nSPS) is 10.7. The van der Waals surface area contributed by atoms with Gasteiger partial charge in [-0.05, 0) is 44.0 Å². The number of oxime groups is 1. The molecule has 0 saturated carbocycles. The van der Waals surface area contributed by atoms with E-state index in [-0.39, 0.29) is 0 Å². The lowest BCUT2D eigenvalue weighted by molar-refractivity contribution is 0.130. The van der Waals surface area contributed by atoms with Crippen LogP contribution >= 0.6 is 0 Å². The topological polar surface area (TPSA) is 47.6 Å². The van der Waals surface area contributed by atoms with Crippen LogP contribution in [0.25, 0.3) is 0 Å². The van der Waals surface area contributed by atoms with Gasteiger partial charge in [0.25, 0.3) is 0 Å². The summed E-state index contributed by atoms with van der Waals surface area (Å²) in [6.07, 6.45) is 0. The first-order valence-electron chi connectivity index (χ1n) is 7.65. The number of anilines is 1. The fraction of sp³-hybridized carbons (Fsp3) is 0.316. The van der Waals surface area contributed by atoms with Crippen molar-refractivity contribution >= 4 is 11.4 Å². The van der Waals surface area contributed by atoms with Gasteiger partial charge in [-0.1, -0.05) is 54.9 Å². The molecule has 0 aliphatic carbocycles. The fourth-order valence-corrected chi connectivity index (χ4v) is 2.09. The van der Waals surface area contributed by atoms with Crippen LogP contribution in [0.3, 0.4) is 0 Å². The highest BCUT2D eigenvalue weighted by Gasteiger charge is 2.02. The zero-order chi connectivity index (χ0) is 16.5. The van der Waals surface area contributed by atoms with E-state index in [1.54, 1.807) is 0 Å². The fourth-order valence-electron chi connectivity index (χ4n) is 2.09. The first-order valence-corrected chi connectivity index (χ1v) is 7.65. The Morgan fingerprint density at radius 2 is 1.68 bits per heavy atom. The van der Waals surface area contributed by atoms with E-state index < -0.39 is 0 Å². The summed E-state index contributed by atoms with van der Waals surface area (Å²) in [5.74, 6) is 0. The first-order chi connectivity index (χ1) is 10.6. The smallest absolute Gasteiger partial charge is 0.142 e. The Morgan fingerprint density at radius 1 is 1.05 bits per heavy atom. The zero-order valence-corrected chi connectivity index (χ0v) is 14.2. The number of aryl methyl sites for hydroxylation is 2. The molecule has 3 heteroatoms. The Labute approximate surface area is 133 Å². The maximum atomic E-state index is 5.64. The molecule has 0 spiro atoms. The molecule has 118 valence electrons. The van der Waals surface area contributed by atoms with Crippen molar-refractivity contribution in [2.75, 3.05) is 5.73 Å². The molecule has 0 bridgehead atoms. The molecule has 0 aromatic heterocycles. The van der Waals surface area contributed by atoms with Gasteiger partial charge >= 0.3 is 0 Å². The van der Waals surface area contributed by atoms with Crippen LogP contribution in [0.1, 0.15) is 43.0 Å². The van der Waals surface area contributed by atoms with E-state index in [9.17, 15) is 0 Å². The van der Waals surface area contributed by atoms with Gasteiger partial charge in [-0.15, -0.1) is 0 Å². The molecule has 0 amide bonds. The van der Waals surface area contributed by atoms with Crippen LogP contribution in [-0.4, -0.2) is 5.71 Å². The number of nitrogens with zero attached hydrogens (tertiary/aromatic N) is 1. The van der Waals surface area contributed by atoms with Crippen molar-refractivity contribution in [1.29, 1.82) is 0 Å². The predicted octanol–water partition coefficient (Wildman–Crippen LogP) is 4.85. The molecule has 0 radical (unpaired) electrons. The highest BCUT2D eigenvalue weighted by atomic mass is 16.6. The molecule has 0 saturated heterocycles. The summed E-state index contributed by atoms with van der Waals surface area (Å²) >= 11 is 0. The van der Waals surface area contributed by atoms with Crippen molar-refractivity contribution in [3.05, 3.63) is 64.7 Å². The quantitative estimate of drug-likeness (QED) is 0.498. The molecular formula is C19H26N2O. The van der Waals surface area contributed by atoms with Gasteiger partial charge in [0.1, 0.15) is 6.61 Å². The van der Waals surface area contributed by atoms with Gasteiger partial charge in [-0.25, -0.2) is 0 Å². The highest BCUT2D eigenvalue weighted by Crippen LogP contribution is 2.12. The van der Waals surface area contributed by atoms with Gasteiger partial charge in [0.05, 0.1) is 5.71 Å². The maximum Gasteiger partial charge on any atom is 0.142 e. The van der Waals surface area contributed by atoms with E-state index in [2.05, 4.69) is 37.2 Å². The predicted molar refractivity (Wildman–Crippen MR) is 95.1 cm³/mol. The van der Waals surface area contributed by atoms with Crippen LogP contribution in [0.4, 0.5) is 5.69 Å². The Kier molecular flexibility index (Phi) is 7.17. The lowest BCUT2D eigenvalue weighted by Crippen LogP contribution is -2.00. The summed E-state index contributed by atoms with van der Waals surface area (Å²) in [6.45, 7) is 10.6. The standard InChI is InChI=1S/C17H20N2O.C2H6/c1-12-4-9-17(13(2)10-12)14(3)19-20-11-15-5-7-16(18)8-6-15;1-2/h4-10H,11,18H2,1-3H3;1-2H3/b19-14+;. The van der Waals surface area contributed by atoms with Crippen LogP contribution in [0.15, 0.2) is 47.6 Å². The van der Waals surface area contributed by atoms with Crippen molar-refractivity contribution in [2.45, 2.75) is 41.2 Å². The van der Waals surface area contributed by atoms with E-state index >= 15 is 0 Å². The van der Waals surface area contributed by atoms with Crippen molar-refractivity contribution in [1.82, 2.24) is 0 Å². The number of benzene rings is 2. The lowest BCUT2D eigenvalue weighted by atomic mass is 10.0. The molecule has 2 aromatic carbocycles. The number of nitrogens with two attached hydrogens (primary N) is 1. The number of hydrogen-bond donors (Lipinski definition) is 1. The third kappa shape index (κ3) is 5.24. The maximum absolute atomic E-state index is 5.64. The number of hydrogen-bond acceptors (Lipinski definition) is 3. The molecule has 2 N–H and O–H groups in total. The Morgan fingerprint density at radius 3 is 2.27 bits per heavy atom. The van der Waals surface area contributed by atoms with Gasteiger partial charge < -0.3 is 10.6 Å². The van der Waals surface area contributed by atoms with E-state index in [1.165, 1.54) is 11.1 Å². The summed E-state index contributed by atoms with van der Waals surface area (Å²) in [4.78, 5) is 5.41. The van der Waals surface area contributed by atoms with Gasteiger partial charge in [0, 0.05) is 11.3 Å². The molecule has 3 nitrogen and oxygen atoms in total. The van der Waals surface area contributed by atoms with Gasteiger partial charge in [-0.2, -0.15) is 0 Å². The van der Waals surface area contributed by atoms with Crippen LogP contribution in [0.5, 0.6) is 0 Å². The minimum absolute atomic E-state index is 0.447. The van der Waals surface area contributed by atoms with Gasteiger partial charge in [0.15, 0.2) is 0 Å². The van der Waals surface area contributed by atoms with E-state index in [0.717, 1.165) is 22.5 Å². The number of nitrogen functional groups attached to an aromatic ring is 1. The number of rotatable bonds is 4. The Balaban J connectivity index is 0.00000116. The molecule has 2 aromatic rings. The summed E-state index contributed by atoms with van der Waals surface area (Å²) in [5.41, 5.74) is 11.9. The summed E-state index contributed by atoms with van der Waals surface area (Å²) < 4.78 is 0. The zero-order valence-electron chi connectivity index (χ0n) is 14.2. The molecule has 0 aliphatic rings. The molecule has 0 aliphatic heterocycles.